The number of benzene rings is 1. The van der Waals surface area contributed by atoms with Gasteiger partial charge < -0.3 is 23.4 Å². The number of hydrogen-bond acceptors (Lipinski definition) is 6. The van der Waals surface area contributed by atoms with Crippen molar-refractivity contribution in [3.05, 3.63) is 47.7 Å². The van der Waals surface area contributed by atoms with Crippen molar-refractivity contribution in [2.75, 3.05) is 38.2 Å². The minimum absolute atomic E-state index is 0.534. The Morgan fingerprint density at radius 1 is 1.11 bits per heavy atom. The normalized spacial score (nSPS) is 15.3. The molecule has 4 rings (SSSR count). The van der Waals surface area contributed by atoms with Crippen LogP contribution in [0.25, 0.3) is 11.5 Å². The Hall–Kier alpha value is -2.80. The second kappa shape index (κ2) is 7.44. The number of piperazine rings is 1. The molecule has 27 heavy (non-hydrogen) atoms. The highest BCUT2D eigenvalue weighted by atomic mass is 16.5. The molecule has 0 bridgehead atoms. The van der Waals surface area contributed by atoms with Gasteiger partial charge in [0.25, 0.3) is 11.8 Å². The highest BCUT2D eigenvalue weighted by Gasteiger charge is 2.24. The van der Waals surface area contributed by atoms with Crippen LogP contribution in [0.5, 0.6) is 5.75 Å². The lowest BCUT2D eigenvalue weighted by molar-refractivity contribution is -0.915. The van der Waals surface area contributed by atoms with E-state index in [9.17, 15) is 0 Å². The second-order valence-corrected chi connectivity index (χ2v) is 6.91. The molecule has 1 aliphatic heterocycles. The molecule has 0 amide bonds. The molecule has 2 aromatic heterocycles. The van der Waals surface area contributed by atoms with Crippen LogP contribution in [0, 0.1) is 13.8 Å². The first-order chi connectivity index (χ1) is 13.1. The Morgan fingerprint density at radius 3 is 2.59 bits per heavy atom. The number of hydrogen-bond donors (Lipinski definition) is 1. The molecule has 0 unspecified atom stereocenters. The molecule has 0 radical (unpaired) electrons. The lowest BCUT2D eigenvalue weighted by Crippen LogP contribution is -3.13. The van der Waals surface area contributed by atoms with Gasteiger partial charge in [0.15, 0.2) is 6.54 Å². The minimum Gasteiger partial charge on any atom is -0.495 e. The zero-order valence-electron chi connectivity index (χ0n) is 16.0. The number of para-hydroxylation sites is 2. The highest BCUT2D eigenvalue weighted by molar-refractivity contribution is 5.58. The van der Waals surface area contributed by atoms with Gasteiger partial charge in [0.1, 0.15) is 17.3 Å². The predicted octanol–water partition coefficient (Wildman–Crippen LogP) is 1.86. The lowest BCUT2D eigenvalue weighted by Gasteiger charge is -2.33. The number of rotatable bonds is 5. The van der Waals surface area contributed by atoms with Gasteiger partial charge in [0.2, 0.25) is 0 Å². The number of ether oxygens (including phenoxy) is 1. The van der Waals surface area contributed by atoms with E-state index in [1.54, 1.807) is 7.11 Å². The Labute approximate surface area is 158 Å². The van der Waals surface area contributed by atoms with Crippen LogP contribution < -0.4 is 14.5 Å². The molecule has 1 aliphatic rings. The SMILES string of the molecule is COc1ccccc1N1CC[NH+](Cc2nnc(-c3cc(C)oc3C)o2)CC1. The predicted molar refractivity (Wildman–Crippen MR) is 101 cm³/mol. The van der Waals surface area contributed by atoms with Crippen molar-refractivity contribution < 1.29 is 18.5 Å². The summed E-state index contributed by atoms with van der Waals surface area (Å²) in [4.78, 5) is 3.82. The van der Waals surface area contributed by atoms with Gasteiger partial charge in [-0.1, -0.05) is 12.1 Å². The Bertz CT molecular complexity index is 910. The van der Waals surface area contributed by atoms with Crippen molar-refractivity contribution in [1.82, 2.24) is 10.2 Å². The smallest absolute Gasteiger partial charge is 0.271 e. The molecular weight excluding hydrogens is 344 g/mol. The van der Waals surface area contributed by atoms with E-state index >= 15 is 0 Å². The Kier molecular flexibility index (Phi) is 4.85. The summed E-state index contributed by atoms with van der Waals surface area (Å²) in [6.45, 7) is 8.53. The van der Waals surface area contributed by atoms with E-state index in [2.05, 4.69) is 27.2 Å². The standard InChI is InChI=1S/C20H24N4O3/c1-14-12-16(15(2)26-14)20-22-21-19(27-20)13-23-8-10-24(11-9-23)17-6-4-5-7-18(17)25-3/h4-7,12H,8-11,13H2,1-3H3/p+1. The molecule has 1 aromatic carbocycles. The minimum atomic E-state index is 0.534. The summed E-state index contributed by atoms with van der Waals surface area (Å²) in [7, 11) is 1.72. The van der Waals surface area contributed by atoms with Gasteiger partial charge >= 0.3 is 0 Å². The van der Waals surface area contributed by atoms with Gasteiger partial charge in [0.05, 0.1) is 44.5 Å². The third-order valence-electron chi connectivity index (χ3n) is 5.04. The van der Waals surface area contributed by atoms with Crippen LogP contribution in [0.4, 0.5) is 5.69 Å². The van der Waals surface area contributed by atoms with Crippen molar-refractivity contribution in [2.45, 2.75) is 20.4 Å². The van der Waals surface area contributed by atoms with Gasteiger partial charge in [0, 0.05) is 0 Å². The molecule has 1 N–H and O–H groups in total. The first-order valence-electron chi connectivity index (χ1n) is 9.25. The zero-order valence-corrected chi connectivity index (χ0v) is 16.0. The van der Waals surface area contributed by atoms with Crippen LogP contribution >= 0.6 is 0 Å². The van der Waals surface area contributed by atoms with Crippen LogP contribution in [0.2, 0.25) is 0 Å². The third kappa shape index (κ3) is 3.68. The topological polar surface area (TPSA) is 69.0 Å². The summed E-state index contributed by atoms with van der Waals surface area (Å²) in [5, 5.41) is 8.42. The van der Waals surface area contributed by atoms with Crippen molar-refractivity contribution >= 4 is 5.69 Å². The van der Waals surface area contributed by atoms with Gasteiger partial charge in [-0.2, -0.15) is 0 Å². The fraction of sp³-hybridized carbons (Fsp3) is 0.400. The quantitative estimate of drug-likeness (QED) is 0.740. The molecule has 3 aromatic rings. The molecule has 0 aliphatic carbocycles. The van der Waals surface area contributed by atoms with Crippen LogP contribution in [-0.4, -0.2) is 43.5 Å². The van der Waals surface area contributed by atoms with Gasteiger partial charge in [-0.25, -0.2) is 0 Å². The number of nitrogens with zero attached hydrogens (tertiary/aromatic N) is 3. The van der Waals surface area contributed by atoms with Gasteiger partial charge in [-0.3, -0.25) is 0 Å². The highest BCUT2D eigenvalue weighted by Crippen LogP contribution is 2.27. The molecule has 142 valence electrons. The molecule has 1 fully saturated rings. The molecule has 3 heterocycles. The molecule has 0 spiro atoms. The second-order valence-electron chi connectivity index (χ2n) is 6.91. The fourth-order valence-electron chi connectivity index (χ4n) is 3.62. The molecule has 0 atom stereocenters. The average molecular weight is 369 g/mol. The van der Waals surface area contributed by atoms with Crippen molar-refractivity contribution in [3.8, 4) is 17.2 Å². The van der Waals surface area contributed by atoms with E-state index in [-0.39, 0.29) is 0 Å². The Morgan fingerprint density at radius 2 is 1.89 bits per heavy atom. The maximum absolute atomic E-state index is 5.88. The monoisotopic (exact) mass is 369 g/mol. The summed E-state index contributed by atoms with van der Waals surface area (Å²) < 4.78 is 16.9. The van der Waals surface area contributed by atoms with E-state index < -0.39 is 0 Å². The van der Waals surface area contributed by atoms with E-state index in [4.69, 9.17) is 13.6 Å². The summed E-state index contributed by atoms with van der Waals surface area (Å²) in [5.74, 6) is 3.78. The molecule has 7 nitrogen and oxygen atoms in total. The van der Waals surface area contributed by atoms with E-state index in [1.807, 2.05) is 32.0 Å². The van der Waals surface area contributed by atoms with E-state index in [1.165, 1.54) is 4.90 Å². The summed E-state index contributed by atoms with van der Waals surface area (Å²) in [6, 6.07) is 10.1. The fourth-order valence-corrected chi connectivity index (χ4v) is 3.62. The maximum Gasteiger partial charge on any atom is 0.271 e. The van der Waals surface area contributed by atoms with Crippen LogP contribution in [0.15, 0.2) is 39.2 Å². The van der Waals surface area contributed by atoms with Gasteiger partial charge in [-0.05, 0) is 32.0 Å². The zero-order chi connectivity index (χ0) is 18.8. The molecule has 0 saturated carbocycles. The van der Waals surface area contributed by atoms with E-state index in [0.29, 0.717) is 11.8 Å². The first kappa shape index (κ1) is 17.6. The van der Waals surface area contributed by atoms with Crippen molar-refractivity contribution in [1.29, 1.82) is 0 Å². The number of aryl methyl sites for hydroxylation is 2. The summed E-state index contributed by atoms with van der Waals surface area (Å²) in [5.41, 5.74) is 2.03. The largest absolute Gasteiger partial charge is 0.495 e. The van der Waals surface area contributed by atoms with Crippen LogP contribution in [0.3, 0.4) is 0 Å². The van der Waals surface area contributed by atoms with Crippen LogP contribution in [-0.2, 0) is 6.54 Å². The van der Waals surface area contributed by atoms with E-state index in [0.717, 1.165) is 61.2 Å². The number of aromatic nitrogens is 2. The number of nitrogens with one attached hydrogen (secondary N) is 1. The number of methoxy groups -OCH3 is 1. The molecular formula is C20H25N4O3+. The Balaban J connectivity index is 1.38. The summed E-state index contributed by atoms with van der Waals surface area (Å²) >= 11 is 0. The number of anilines is 1. The molecule has 1 saturated heterocycles. The average Bonchev–Trinajstić information content (AvgIpc) is 3.28. The number of quaternary nitrogens is 1. The first-order valence-corrected chi connectivity index (χ1v) is 9.25. The van der Waals surface area contributed by atoms with Crippen LogP contribution in [0.1, 0.15) is 17.4 Å². The third-order valence-corrected chi connectivity index (χ3v) is 5.04. The van der Waals surface area contributed by atoms with Gasteiger partial charge in [-0.15, -0.1) is 10.2 Å². The molecule has 7 heteroatoms. The number of furan rings is 1. The van der Waals surface area contributed by atoms with Crippen molar-refractivity contribution in [2.24, 2.45) is 0 Å². The lowest BCUT2D eigenvalue weighted by atomic mass is 10.2. The summed E-state index contributed by atoms with van der Waals surface area (Å²) in [6.07, 6.45) is 0. The maximum atomic E-state index is 5.88. The van der Waals surface area contributed by atoms with Crippen molar-refractivity contribution in [3.63, 3.8) is 0 Å².